The molecule has 2 rings (SSSR count). The number of fused-ring (bicyclic) bond motifs is 1. The Morgan fingerprint density at radius 2 is 2.29 bits per heavy atom. The van der Waals surface area contributed by atoms with Crippen LogP contribution in [0.25, 0.3) is 0 Å². The van der Waals surface area contributed by atoms with Crippen LogP contribution in [0.1, 0.15) is 17.0 Å². The molecule has 3 heteroatoms. The summed E-state index contributed by atoms with van der Waals surface area (Å²) >= 11 is 0. The van der Waals surface area contributed by atoms with Crippen LogP contribution in [0, 0.1) is 0 Å². The zero-order chi connectivity index (χ0) is 9.97. The van der Waals surface area contributed by atoms with E-state index < -0.39 is 0 Å². The molecule has 1 unspecified atom stereocenters. The lowest BCUT2D eigenvalue weighted by atomic mass is 9.93. The highest BCUT2D eigenvalue weighted by Gasteiger charge is 2.27. The molecule has 0 bridgehead atoms. The van der Waals surface area contributed by atoms with Gasteiger partial charge >= 0.3 is 5.97 Å². The molecule has 1 aliphatic heterocycles. The van der Waals surface area contributed by atoms with Crippen molar-refractivity contribution in [3.8, 4) is 0 Å². The maximum atomic E-state index is 11.4. The molecule has 0 aromatic heterocycles. The van der Waals surface area contributed by atoms with Crippen molar-refractivity contribution in [2.75, 3.05) is 13.7 Å². The van der Waals surface area contributed by atoms with Crippen molar-refractivity contribution in [1.82, 2.24) is 0 Å². The Kier molecular flexibility index (Phi) is 2.50. The summed E-state index contributed by atoms with van der Waals surface area (Å²) in [5.41, 5.74) is 2.11. The monoisotopic (exact) mass is 192 g/mol. The number of hydrogen-bond donors (Lipinski definition) is 0. The van der Waals surface area contributed by atoms with Crippen molar-refractivity contribution in [3.05, 3.63) is 35.4 Å². The maximum absolute atomic E-state index is 11.4. The van der Waals surface area contributed by atoms with Crippen LogP contribution in [0.15, 0.2) is 24.3 Å². The van der Waals surface area contributed by atoms with Gasteiger partial charge in [0.25, 0.3) is 0 Å². The lowest BCUT2D eigenvalue weighted by Gasteiger charge is -2.23. The average Bonchev–Trinajstić information content (AvgIpc) is 2.27. The Labute approximate surface area is 82.6 Å². The fourth-order valence-electron chi connectivity index (χ4n) is 1.72. The normalized spacial score (nSPS) is 19.9. The molecule has 0 saturated carbocycles. The fourth-order valence-corrected chi connectivity index (χ4v) is 1.72. The maximum Gasteiger partial charge on any atom is 0.315 e. The Morgan fingerprint density at radius 1 is 1.50 bits per heavy atom. The zero-order valence-electron chi connectivity index (χ0n) is 8.03. The lowest BCUT2D eigenvalue weighted by molar-refractivity contribution is -0.144. The van der Waals surface area contributed by atoms with Crippen LogP contribution in [0.2, 0.25) is 0 Å². The van der Waals surface area contributed by atoms with Crippen LogP contribution in [-0.4, -0.2) is 19.7 Å². The van der Waals surface area contributed by atoms with E-state index in [1.54, 1.807) is 0 Å². The van der Waals surface area contributed by atoms with Gasteiger partial charge in [-0.05, 0) is 11.1 Å². The number of methoxy groups -OCH3 is 1. The van der Waals surface area contributed by atoms with E-state index in [0.717, 1.165) is 11.1 Å². The van der Waals surface area contributed by atoms with Gasteiger partial charge in [-0.2, -0.15) is 0 Å². The summed E-state index contributed by atoms with van der Waals surface area (Å²) in [4.78, 5) is 11.4. The van der Waals surface area contributed by atoms with Crippen molar-refractivity contribution < 1.29 is 14.3 Å². The number of esters is 1. The van der Waals surface area contributed by atoms with Crippen molar-refractivity contribution in [1.29, 1.82) is 0 Å². The lowest BCUT2D eigenvalue weighted by Crippen LogP contribution is -2.24. The van der Waals surface area contributed by atoms with E-state index in [1.807, 2.05) is 24.3 Å². The van der Waals surface area contributed by atoms with Crippen molar-refractivity contribution in [2.45, 2.75) is 12.5 Å². The summed E-state index contributed by atoms with van der Waals surface area (Å²) in [6.07, 6.45) is 0. The summed E-state index contributed by atoms with van der Waals surface area (Å²) in [7, 11) is 1.40. The summed E-state index contributed by atoms with van der Waals surface area (Å²) in [6.45, 7) is 1.01. The molecule has 1 aromatic carbocycles. The topological polar surface area (TPSA) is 35.5 Å². The van der Waals surface area contributed by atoms with E-state index >= 15 is 0 Å². The molecule has 1 heterocycles. The Morgan fingerprint density at radius 3 is 3.07 bits per heavy atom. The van der Waals surface area contributed by atoms with E-state index in [4.69, 9.17) is 9.47 Å². The van der Waals surface area contributed by atoms with Gasteiger partial charge in [-0.15, -0.1) is 0 Å². The summed E-state index contributed by atoms with van der Waals surface area (Å²) in [5.74, 6) is -0.484. The zero-order valence-corrected chi connectivity index (χ0v) is 8.03. The van der Waals surface area contributed by atoms with Gasteiger partial charge in [-0.25, -0.2) is 0 Å². The highest BCUT2D eigenvalue weighted by Crippen LogP contribution is 2.26. The molecule has 0 saturated heterocycles. The fraction of sp³-hybridized carbons (Fsp3) is 0.364. The third-order valence-corrected chi connectivity index (χ3v) is 2.46. The van der Waals surface area contributed by atoms with Crippen LogP contribution >= 0.6 is 0 Å². The SMILES string of the molecule is COC(=O)C1COCc2ccccc21. The molecule has 1 aliphatic rings. The quantitative estimate of drug-likeness (QED) is 0.632. The van der Waals surface area contributed by atoms with E-state index in [-0.39, 0.29) is 11.9 Å². The van der Waals surface area contributed by atoms with Gasteiger partial charge in [-0.1, -0.05) is 24.3 Å². The van der Waals surface area contributed by atoms with E-state index in [0.29, 0.717) is 13.2 Å². The first-order chi connectivity index (χ1) is 6.83. The first-order valence-electron chi connectivity index (χ1n) is 4.56. The highest BCUT2D eigenvalue weighted by molar-refractivity contribution is 5.79. The third kappa shape index (κ3) is 1.51. The first-order valence-corrected chi connectivity index (χ1v) is 4.56. The Bertz CT molecular complexity index is 346. The van der Waals surface area contributed by atoms with Crippen LogP contribution in [0.5, 0.6) is 0 Å². The van der Waals surface area contributed by atoms with Gasteiger partial charge in [0.15, 0.2) is 0 Å². The molecular formula is C11H12O3. The Balaban J connectivity index is 2.35. The number of hydrogen-bond acceptors (Lipinski definition) is 3. The largest absolute Gasteiger partial charge is 0.468 e. The predicted molar refractivity (Wildman–Crippen MR) is 50.9 cm³/mol. The number of ether oxygens (including phenoxy) is 2. The van der Waals surface area contributed by atoms with Crippen molar-refractivity contribution >= 4 is 5.97 Å². The molecule has 0 aliphatic carbocycles. The van der Waals surface area contributed by atoms with Gasteiger partial charge in [0.2, 0.25) is 0 Å². The molecule has 0 spiro atoms. The van der Waals surface area contributed by atoms with Gasteiger partial charge in [-0.3, -0.25) is 4.79 Å². The second-order valence-corrected chi connectivity index (χ2v) is 3.29. The van der Waals surface area contributed by atoms with Crippen LogP contribution < -0.4 is 0 Å². The van der Waals surface area contributed by atoms with E-state index in [1.165, 1.54) is 7.11 Å². The summed E-state index contributed by atoms with van der Waals surface area (Å²) in [5, 5.41) is 0. The van der Waals surface area contributed by atoms with Crippen molar-refractivity contribution in [2.24, 2.45) is 0 Å². The molecule has 0 N–H and O–H groups in total. The molecule has 0 radical (unpaired) electrons. The average molecular weight is 192 g/mol. The summed E-state index contributed by atoms with van der Waals surface area (Å²) in [6, 6.07) is 7.81. The minimum atomic E-state index is -0.259. The van der Waals surface area contributed by atoms with Crippen molar-refractivity contribution in [3.63, 3.8) is 0 Å². The smallest absolute Gasteiger partial charge is 0.315 e. The van der Waals surface area contributed by atoms with Crippen LogP contribution in [0.4, 0.5) is 0 Å². The molecular weight excluding hydrogens is 180 g/mol. The predicted octanol–water partition coefficient (Wildman–Crippen LogP) is 1.47. The standard InChI is InChI=1S/C11H12O3/c1-13-11(12)10-7-14-6-8-4-2-3-5-9(8)10/h2-5,10H,6-7H2,1H3. The second-order valence-electron chi connectivity index (χ2n) is 3.29. The molecule has 3 nitrogen and oxygen atoms in total. The molecule has 0 fully saturated rings. The van der Waals surface area contributed by atoms with E-state index in [9.17, 15) is 4.79 Å². The number of benzene rings is 1. The third-order valence-electron chi connectivity index (χ3n) is 2.46. The molecule has 1 atom stereocenters. The minimum Gasteiger partial charge on any atom is -0.468 e. The van der Waals surface area contributed by atoms with Crippen LogP contribution in [-0.2, 0) is 20.9 Å². The minimum absolute atomic E-state index is 0.225. The summed E-state index contributed by atoms with van der Waals surface area (Å²) < 4.78 is 10.1. The molecule has 14 heavy (non-hydrogen) atoms. The first kappa shape index (κ1) is 9.21. The van der Waals surface area contributed by atoms with Gasteiger partial charge in [0.05, 0.1) is 20.3 Å². The number of carbonyl (C=O) groups excluding carboxylic acids is 1. The van der Waals surface area contributed by atoms with Gasteiger partial charge < -0.3 is 9.47 Å². The highest BCUT2D eigenvalue weighted by atomic mass is 16.5. The molecule has 0 amide bonds. The molecule has 74 valence electrons. The second kappa shape index (κ2) is 3.80. The number of carbonyl (C=O) groups is 1. The Hall–Kier alpha value is -1.35. The van der Waals surface area contributed by atoms with Crippen LogP contribution in [0.3, 0.4) is 0 Å². The molecule has 1 aromatic rings. The van der Waals surface area contributed by atoms with E-state index in [2.05, 4.69) is 0 Å². The number of rotatable bonds is 1. The van der Waals surface area contributed by atoms with Gasteiger partial charge in [0.1, 0.15) is 5.92 Å². The van der Waals surface area contributed by atoms with Gasteiger partial charge in [0, 0.05) is 0 Å².